The Kier molecular flexibility index (Phi) is 3.01. The van der Waals surface area contributed by atoms with E-state index in [9.17, 15) is 0 Å². The fourth-order valence-corrected chi connectivity index (χ4v) is 1.53. The first-order valence-corrected chi connectivity index (χ1v) is 4.93. The summed E-state index contributed by atoms with van der Waals surface area (Å²) >= 11 is 0. The van der Waals surface area contributed by atoms with Crippen LogP contribution in [0.2, 0.25) is 0 Å². The molecule has 14 heavy (non-hydrogen) atoms. The first-order valence-electron chi connectivity index (χ1n) is 4.93. The molecule has 1 aromatic carbocycles. The molecular weight excluding hydrogens is 178 g/mol. The summed E-state index contributed by atoms with van der Waals surface area (Å²) in [6, 6.07) is 9.79. The molecule has 76 valence electrons. The molecule has 0 saturated carbocycles. The van der Waals surface area contributed by atoms with E-state index in [-0.39, 0.29) is 6.10 Å². The molecule has 1 aliphatic rings. The molecule has 1 N–H and O–H groups in total. The van der Waals surface area contributed by atoms with Crippen LogP contribution in [0.25, 0.3) is 0 Å². The molecule has 1 aromatic rings. The van der Waals surface area contributed by atoms with Gasteiger partial charge in [-0.2, -0.15) is 0 Å². The molecule has 0 atom stereocenters. The van der Waals surface area contributed by atoms with Crippen molar-refractivity contribution in [2.45, 2.75) is 6.10 Å². The summed E-state index contributed by atoms with van der Waals surface area (Å²) in [5.41, 5.74) is 0. The van der Waals surface area contributed by atoms with Crippen molar-refractivity contribution in [3.8, 4) is 5.75 Å². The van der Waals surface area contributed by atoms with Gasteiger partial charge in [0.2, 0.25) is 0 Å². The minimum absolute atomic E-state index is 0.119. The maximum atomic E-state index is 9.05. The van der Waals surface area contributed by atoms with E-state index < -0.39 is 0 Å². The van der Waals surface area contributed by atoms with Crippen LogP contribution in [0.3, 0.4) is 0 Å². The molecule has 0 spiro atoms. The van der Waals surface area contributed by atoms with Gasteiger partial charge in [-0.15, -0.1) is 0 Å². The Morgan fingerprint density at radius 2 is 2.00 bits per heavy atom. The lowest BCUT2D eigenvalue weighted by molar-refractivity contribution is -0.00387. The van der Waals surface area contributed by atoms with Crippen LogP contribution < -0.4 is 4.74 Å². The first-order chi connectivity index (χ1) is 6.84. The monoisotopic (exact) mass is 193 g/mol. The Morgan fingerprint density at radius 3 is 2.64 bits per heavy atom. The maximum Gasteiger partial charge on any atom is 0.119 e. The van der Waals surface area contributed by atoms with Crippen LogP contribution in [-0.2, 0) is 0 Å². The van der Waals surface area contributed by atoms with Gasteiger partial charge in [0.05, 0.1) is 6.10 Å². The number of nitrogens with zero attached hydrogens (tertiary/aromatic N) is 1. The van der Waals surface area contributed by atoms with Crippen molar-refractivity contribution < 1.29 is 9.84 Å². The van der Waals surface area contributed by atoms with E-state index in [0.29, 0.717) is 6.61 Å². The number of hydrogen-bond donors (Lipinski definition) is 1. The normalized spacial score (nSPS) is 17.8. The molecule has 3 nitrogen and oxygen atoms in total. The van der Waals surface area contributed by atoms with Gasteiger partial charge in [-0.1, -0.05) is 18.2 Å². The molecule has 0 unspecified atom stereocenters. The third kappa shape index (κ3) is 2.47. The zero-order chi connectivity index (χ0) is 9.80. The van der Waals surface area contributed by atoms with Gasteiger partial charge in [0.15, 0.2) is 0 Å². The zero-order valence-corrected chi connectivity index (χ0v) is 8.10. The second-order valence-electron chi connectivity index (χ2n) is 3.57. The topological polar surface area (TPSA) is 32.7 Å². The minimum Gasteiger partial charge on any atom is -0.492 e. The van der Waals surface area contributed by atoms with Crippen LogP contribution in [0.15, 0.2) is 30.3 Å². The lowest BCUT2D eigenvalue weighted by atomic mass is 10.2. The van der Waals surface area contributed by atoms with Crippen molar-refractivity contribution in [2.24, 2.45) is 0 Å². The average Bonchev–Trinajstić information content (AvgIpc) is 2.17. The summed E-state index contributed by atoms with van der Waals surface area (Å²) in [5, 5.41) is 9.05. The molecule has 1 aliphatic heterocycles. The lowest BCUT2D eigenvalue weighted by Crippen LogP contribution is -2.51. The average molecular weight is 193 g/mol. The van der Waals surface area contributed by atoms with Crippen molar-refractivity contribution in [3.63, 3.8) is 0 Å². The van der Waals surface area contributed by atoms with Crippen molar-refractivity contribution in [2.75, 3.05) is 26.2 Å². The predicted molar refractivity (Wildman–Crippen MR) is 54.4 cm³/mol. The molecule has 3 heteroatoms. The number of ether oxygens (including phenoxy) is 1. The number of β-amino-alcohol motifs (C(OH)–C–C–N with tert-alkyl or cyclic N) is 1. The Balaban J connectivity index is 1.64. The molecule has 1 saturated heterocycles. The summed E-state index contributed by atoms with van der Waals surface area (Å²) in [6.07, 6.45) is -0.119. The fraction of sp³-hybridized carbons (Fsp3) is 0.455. The quantitative estimate of drug-likeness (QED) is 0.765. The second kappa shape index (κ2) is 4.44. The van der Waals surface area contributed by atoms with Crippen LogP contribution >= 0.6 is 0 Å². The number of benzene rings is 1. The van der Waals surface area contributed by atoms with Crippen molar-refractivity contribution in [1.29, 1.82) is 0 Å². The first kappa shape index (κ1) is 9.49. The summed E-state index contributed by atoms with van der Waals surface area (Å²) in [7, 11) is 0. The molecule has 0 radical (unpaired) electrons. The summed E-state index contributed by atoms with van der Waals surface area (Å²) in [6.45, 7) is 3.17. The smallest absolute Gasteiger partial charge is 0.119 e. The number of aliphatic hydroxyl groups is 1. The number of rotatable bonds is 4. The molecule has 0 aromatic heterocycles. The standard InChI is InChI=1S/C11H15NO2/c13-10-8-12(9-10)6-7-14-11-4-2-1-3-5-11/h1-5,10,13H,6-9H2. The molecule has 0 amide bonds. The third-order valence-corrected chi connectivity index (χ3v) is 2.36. The second-order valence-corrected chi connectivity index (χ2v) is 3.57. The fourth-order valence-electron chi connectivity index (χ4n) is 1.53. The SMILES string of the molecule is OC1CN(CCOc2ccccc2)C1. The van der Waals surface area contributed by atoms with Gasteiger partial charge in [0, 0.05) is 19.6 Å². The Bertz CT molecular complexity index is 270. The zero-order valence-electron chi connectivity index (χ0n) is 8.10. The summed E-state index contributed by atoms with van der Waals surface area (Å²) in [5.74, 6) is 0.911. The van der Waals surface area contributed by atoms with E-state index in [0.717, 1.165) is 25.4 Å². The molecule has 0 bridgehead atoms. The number of para-hydroxylation sites is 1. The molecule has 2 rings (SSSR count). The van der Waals surface area contributed by atoms with Crippen LogP contribution in [0.1, 0.15) is 0 Å². The molecule has 1 fully saturated rings. The molecular formula is C11H15NO2. The van der Waals surface area contributed by atoms with E-state index in [1.807, 2.05) is 30.3 Å². The van der Waals surface area contributed by atoms with E-state index in [4.69, 9.17) is 9.84 Å². The highest BCUT2D eigenvalue weighted by atomic mass is 16.5. The van der Waals surface area contributed by atoms with Crippen molar-refractivity contribution in [1.82, 2.24) is 4.90 Å². The van der Waals surface area contributed by atoms with E-state index in [1.165, 1.54) is 0 Å². The Morgan fingerprint density at radius 1 is 1.29 bits per heavy atom. The number of hydrogen-bond acceptors (Lipinski definition) is 3. The third-order valence-electron chi connectivity index (χ3n) is 2.36. The van der Waals surface area contributed by atoms with Gasteiger partial charge in [-0.3, -0.25) is 4.90 Å². The van der Waals surface area contributed by atoms with Gasteiger partial charge in [-0.05, 0) is 12.1 Å². The van der Waals surface area contributed by atoms with Crippen LogP contribution in [-0.4, -0.2) is 42.4 Å². The van der Waals surface area contributed by atoms with E-state index >= 15 is 0 Å². The largest absolute Gasteiger partial charge is 0.492 e. The highest BCUT2D eigenvalue weighted by Gasteiger charge is 2.23. The highest BCUT2D eigenvalue weighted by Crippen LogP contribution is 2.10. The number of likely N-dealkylation sites (tertiary alicyclic amines) is 1. The predicted octanol–water partition coefficient (Wildman–Crippen LogP) is 0.742. The van der Waals surface area contributed by atoms with Gasteiger partial charge in [-0.25, -0.2) is 0 Å². The van der Waals surface area contributed by atoms with Gasteiger partial charge in [0.1, 0.15) is 12.4 Å². The summed E-state index contributed by atoms with van der Waals surface area (Å²) < 4.78 is 5.52. The van der Waals surface area contributed by atoms with Crippen LogP contribution in [0.5, 0.6) is 5.75 Å². The summed E-state index contributed by atoms with van der Waals surface area (Å²) in [4.78, 5) is 2.17. The van der Waals surface area contributed by atoms with Gasteiger partial charge < -0.3 is 9.84 Å². The Hall–Kier alpha value is -1.06. The van der Waals surface area contributed by atoms with Crippen molar-refractivity contribution >= 4 is 0 Å². The van der Waals surface area contributed by atoms with E-state index in [1.54, 1.807) is 0 Å². The van der Waals surface area contributed by atoms with Crippen molar-refractivity contribution in [3.05, 3.63) is 30.3 Å². The minimum atomic E-state index is -0.119. The van der Waals surface area contributed by atoms with Crippen LogP contribution in [0, 0.1) is 0 Å². The Labute approximate surface area is 83.9 Å². The highest BCUT2D eigenvalue weighted by molar-refractivity contribution is 5.20. The lowest BCUT2D eigenvalue weighted by Gasteiger charge is -2.35. The van der Waals surface area contributed by atoms with E-state index in [2.05, 4.69) is 4.90 Å². The van der Waals surface area contributed by atoms with Gasteiger partial charge >= 0.3 is 0 Å². The van der Waals surface area contributed by atoms with Gasteiger partial charge in [0.25, 0.3) is 0 Å². The maximum absolute atomic E-state index is 9.05. The van der Waals surface area contributed by atoms with Crippen LogP contribution in [0.4, 0.5) is 0 Å². The molecule has 1 heterocycles. The number of aliphatic hydroxyl groups excluding tert-OH is 1. The molecule has 0 aliphatic carbocycles.